The third-order valence-electron chi connectivity index (χ3n) is 4.46. The van der Waals surface area contributed by atoms with Crippen LogP contribution < -0.4 is 14.8 Å². The van der Waals surface area contributed by atoms with E-state index in [0.717, 1.165) is 17.5 Å². The van der Waals surface area contributed by atoms with Crippen molar-refractivity contribution in [3.63, 3.8) is 0 Å². The molecule has 0 radical (unpaired) electrons. The number of carbonyl (C=O) groups excluding carboxylic acids is 1. The van der Waals surface area contributed by atoms with E-state index in [1.165, 1.54) is 29.8 Å². The summed E-state index contributed by atoms with van der Waals surface area (Å²) in [6.45, 7) is 6.97. The van der Waals surface area contributed by atoms with E-state index in [-0.39, 0.29) is 23.6 Å². The molecule has 162 valence electrons. The molecule has 7 nitrogen and oxygen atoms in total. The van der Waals surface area contributed by atoms with Gasteiger partial charge in [0.15, 0.2) is 0 Å². The van der Waals surface area contributed by atoms with Crippen LogP contribution >= 0.6 is 24.0 Å². The zero-order chi connectivity index (χ0) is 22.6. The van der Waals surface area contributed by atoms with Gasteiger partial charge in [0.05, 0.1) is 9.83 Å². The highest BCUT2D eigenvalue weighted by Crippen LogP contribution is 2.31. The number of benzene rings is 2. The summed E-state index contributed by atoms with van der Waals surface area (Å²) in [7, 11) is 0. The minimum Gasteiger partial charge on any atom is -0.490 e. The van der Waals surface area contributed by atoms with Gasteiger partial charge in [0, 0.05) is 17.7 Å². The highest BCUT2D eigenvalue weighted by atomic mass is 32.2. The van der Waals surface area contributed by atoms with Gasteiger partial charge in [-0.3, -0.25) is 14.9 Å². The summed E-state index contributed by atoms with van der Waals surface area (Å²) in [4.78, 5) is 22.9. The van der Waals surface area contributed by atoms with Crippen molar-refractivity contribution in [1.82, 2.24) is 5.32 Å². The lowest BCUT2D eigenvalue weighted by Crippen LogP contribution is -2.17. The number of rotatable bonds is 7. The van der Waals surface area contributed by atoms with Crippen molar-refractivity contribution in [2.75, 3.05) is 13.2 Å². The first-order chi connectivity index (χ1) is 14.6. The van der Waals surface area contributed by atoms with E-state index in [2.05, 4.69) is 26.1 Å². The number of nitro benzene ring substituents is 1. The number of hydrogen-bond acceptors (Lipinski definition) is 7. The second-order valence-corrected chi connectivity index (χ2v) is 9.52. The van der Waals surface area contributed by atoms with Gasteiger partial charge in [0.2, 0.25) is 0 Å². The van der Waals surface area contributed by atoms with Gasteiger partial charge in [-0.1, -0.05) is 56.9 Å². The average molecular weight is 459 g/mol. The van der Waals surface area contributed by atoms with Crippen LogP contribution in [0.2, 0.25) is 0 Å². The van der Waals surface area contributed by atoms with Crippen molar-refractivity contribution in [3.8, 4) is 11.5 Å². The topological polar surface area (TPSA) is 90.7 Å². The Kier molecular flexibility index (Phi) is 6.97. The van der Waals surface area contributed by atoms with Crippen LogP contribution in [0.1, 0.15) is 31.9 Å². The summed E-state index contributed by atoms with van der Waals surface area (Å²) in [6, 6.07) is 12.1. The molecule has 2 aromatic carbocycles. The summed E-state index contributed by atoms with van der Waals surface area (Å²) in [5.74, 6) is 0.806. The van der Waals surface area contributed by atoms with Crippen LogP contribution in [0.15, 0.2) is 47.4 Å². The fourth-order valence-electron chi connectivity index (χ4n) is 2.82. The predicted molar refractivity (Wildman–Crippen MR) is 126 cm³/mol. The van der Waals surface area contributed by atoms with Crippen molar-refractivity contribution in [2.45, 2.75) is 26.2 Å². The van der Waals surface area contributed by atoms with Gasteiger partial charge in [0.1, 0.15) is 29.0 Å². The summed E-state index contributed by atoms with van der Waals surface area (Å²) >= 11 is 6.09. The lowest BCUT2D eigenvalue weighted by Gasteiger charge is -2.19. The molecule has 0 spiro atoms. The molecule has 1 aliphatic rings. The Balaban J connectivity index is 1.67. The molecule has 0 aliphatic carbocycles. The van der Waals surface area contributed by atoms with E-state index in [4.69, 9.17) is 21.7 Å². The molecule has 9 heteroatoms. The molecule has 2 aromatic rings. The Morgan fingerprint density at radius 2 is 1.81 bits per heavy atom. The van der Waals surface area contributed by atoms with E-state index in [1.807, 2.05) is 24.3 Å². The molecule has 1 saturated heterocycles. The smallest absolute Gasteiger partial charge is 0.270 e. The predicted octanol–water partition coefficient (Wildman–Crippen LogP) is 4.84. The fraction of sp³-hybridized carbons (Fsp3) is 0.273. The van der Waals surface area contributed by atoms with Crippen LogP contribution in [-0.4, -0.2) is 28.4 Å². The van der Waals surface area contributed by atoms with Crippen molar-refractivity contribution in [2.24, 2.45) is 0 Å². The second kappa shape index (κ2) is 9.49. The largest absolute Gasteiger partial charge is 0.490 e. The Morgan fingerprint density at radius 3 is 2.39 bits per heavy atom. The van der Waals surface area contributed by atoms with Gasteiger partial charge < -0.3 is 14.8 Å². The van der Waals surface area contributed by atoms with Crippen LogP contribution in [0.25, 0.3) is 6.08 Å². The third kappa shape index (κ3) is 6.05. The maximum absolute atomic E-state index is 11.9. The van der Waals surface area contributed by atoms with Gasteiger partial charge in [-0.05, 0) is 35.3 Å². The second-order valence-electron chi connectivity index (χ2n) is 7.80. The Bertz CT molecular complexity index is 1040. The maximum atomic E-state index is 11.9. The number of nitrogens with zero attached hydrogens (tertiary/aromatic N) is 1. The lowest BCUT2D eigenvalue weighted by atomic mass is 9.87. The van der Waals surface area contributed by atoms with E-state index >= 15 is 0 Å². The molecule has 1 N–H and O–H groups in total. The molecule has 1 fully saturated rings. The molecule has 1 amide bonds. The summed E-state index contributed by atoms with van der Waals surface area (Å²) in [6.07, 6.45) is 1.54. The molecule has 1 heterocycles. The van der Waals surface area contributed by atoms with Gasteiger partial charge in [-0.15, -0.1) is 0 Å². The van der Waals surface area contributed by atoms with Crippen molar-refractivity contribution in [1.29, 1.82) is 0 Å². The van der Waals surface area contributed by atoms with Gasteiger partial charge in [-0.2, -0.15) is 0 Å². The van der Waals surface area contributed by atoms with Gasteiger partial charge in [-0.25, -0.2) is 0 Å². The first-order valence-electron chi connectivity index (χ1n) is 9.53. The zero-order valence-electron chi connectivity index (χ0n) is 17.3. The SMILES string of the molecule is CC(C)(C)c1ccc(OCCOc2ccc([N+](=O)[O-])cc2/C=C2/SC(=S)NC2=O)cc1. The molecular weight excluding hydrogens is 436 g/mol. The van der Waals surface area contributed by atoms with Crippen LogP contribution in [0.4, 0.5) is 5.69 Å². The van der Waals surface area contributed by atoms with Crippen molar-refractivity contribution >= 4 is 46.0 Å². The average Bonchev–Trinajstić information content (AvgIpc) is 3.02. The molecular formula is C22H22N2O5S2. The first kappa shape index (κ1) is 22.8. The summed E-state index contributed by atoms with van der Waals surface area (Å²) < 4.78 is 11.8. The number of nitro groups is 1. The molecule has 0 bridgehead atoms. The molecule has 0 saturated carbocycles. The number of carbonyl (C=O) groups is 1. The standard InChI is InChI=1S/C22H22N2O5S2/c1-22(2,3)15-4-7-17(8-5-15)28-10-11-29-18-9-6-16(24(26)27)12-14(18)13-19-20(25)23-21(30)31-19/h4-9,12-13H,10-11H2,1-3H3,(H,23,25,30)/b19-13+. The minimum atomic E-state index is -0.497. The number of nitrogens with one attached hydrogen (secondary N) is 1. The third-order valence-corrected chi connectivity index (χ3v) is 5.63. The van der Waals surface area contributed by atoms with E-state index in [1.54, 1.807) is 0 Å². The minimum absolute atomic E-state index is 0.0702. The molecule has 0 aromatic heterocycles. The molecule has 0 unspecified atom stereocenters. The van der Waals surface area contributed by atoms with Crippen molar-refractivity contribution < 1.29 is 19.2 Å². The summed E-state index contributed by atoms with van der Waals surface area (Å²) in [5, 5.41) is 13.7. The zero-order valence-corrected chi connectivity index (χ0v) is 19.0. The lowest BCUT2D eigenvalue weighted by molar-refractivity contribution is -0.384. The van der Waals surface area contributed by atoms with Crippen LogP contribution in [0.3, 0.4) is 0 Å². The molecule has 31 heavy (non-hydrogen) atoms. The van der Waals surface area contributed by atoms with E-state index in [9.17, 15) is 14.9 Å². The normalized spacial score (nSPS) is 15.1. The highest BCUT2D eigenvalue weighted by molar-refractivity contribution is 8.26. The van der Waals surface area contributed by atoms with Crippen LogP contribution in [0, 0.1) is 10.1 Å². The quantitative estimate of drug-likeness (QED) is 0.209. The summed E-state index contributed by atoms with van der Waals surface area (Å²) in [5.41, 5.74) is 1.61. The Hall–Kier alpha value is -2.91. The first-order valence-corrected chi connectivity index (χ1v) is 10.8. The number of thiocarbonyl (C=S) groups is 1. The van der Waals surface area contributed by atoms with Crippen LogP contribution in [0.5, 0.6) is 11.5 Å². The number of ether oxygens (including phenoxy) is 2. The monoisotopic (exact) mass is 458 g/mol. The molecule has 1 aliphatic heterocycles. The van der Waals surface area contributed by atoms with E-state index < -0.39 is 4.92 Å². The number of hydrogen-bond donors (Lipinski definition) is 1. The fourth-order valence-corrected chi connectivity index (χ4v) is 3.85. The van der Waals surface area contributed by atoms with Crippen LogP contribution in [-0.2, 0) is 10.2 Å². The van der Waals surface area contributed by atoms with E-state index in [0.29, 0.717) is 27.1 Å². The number of non-ortho nitro benzene ring substituents is 1. The van der Waals surface area contributed by atoms with Crippen molar-refractivity contribution in [3.05, 3.63) is 68.6 Å². The number of amides is 1. The Labute approximate surface area is 190 Å². The maximum Gasteiger partial charge on any atom is 0.270 e. The number of thioether (sulfide) groups is 1. The molecule has 0 atom stereocenters. The Morgan fingerprint density at radius 1 is 1.13 bits per heavy atom. The van der Waals surface area contributed by atoms with Gasteiger partial charge >= 0.3 is 0 Å². The van der Waals surface area contributed by atoms with Gasteiger partial charge in [0.25, 0.3) is 11.6 Å². The highest BCUT2D eigenvalue weighted by Gasteiger charge is 2.23. The molecule has 3 rings (SSSR count).